The Morgan fingerprint density at radius 1 is 1.14 bits per heavy atom. The van der Waals surface area contributed by atoms with E-state index in [0.29, 0.717) is 31.3 Å². The largest absolute Gasteiger partial charge is 0.354 e. The van der Waals surface area contributed by atoms with Crippen molar-refractivity contribution in [3.63, 3.8) is 0 Å². The molecular weight excluding hydrogens is 447 g/mol. The maximum Gasteiger partial charge on any atom is 0.273 e. The van der Waals surface area contributed by atoms with Crippen LogP contribution in [0.3, 0.4) is 0 Å². The molecule has 2 aromatic carbocycles. The minimum Gasteiger partial charge on any atom is -0.354 e. The number of hydrogen-bond donors (Lipinski definition) is 2. The predicted molar refractivity (Wildman–Crippen MR) is 131 cm³/mol. The van der Waals surface area contributed by atoms with Crippen molar-refractivity contribution in [2.24, 2.45) is 11.3 Å². The second-order valence-corrected chi connectivity index (χ2v) is 10.3. The highest BCUT2D eigenvalue weighted by molar-refractivity contribution is 6.06. The van der Waals surface area contributed by atoms with Crippen molar-refractivity contribution < 1.29 is 18.8 Å². The molecular formula is C27H31FN4O3. The first-order valence-electron chi connectivity index (χ1n) is 11.9. The van der Waals surface area contributed by atoms with Gasteiger partial charge in [-0.15, -0.1) is 0 Å². The lowest BCUT2D eigenvalue weighted by Crippen LogP contribution is -2.54. The third kappa shape index (κ3) is 5.75. The molecule has 1 aromatic heterocycles. The van der Waals surface area contributed by atoms with Crippen molar-refractivity contribution in [1.29, 1.82) is 0 Å². The standard InChI is InChI=1S/C27H31FN4O3/c1-27(2,3)24(26(35)29-15-18-10-13-20(33)14-18)30-25(34)23-21-6-4-5-7-22(21)32(31-23)16-17-8-11-19(28)12-9-17/h4-9,11-12,18,24H,10,13-16H2,1-3H3,(H,29,35)(H,30,34)/t18?,24-/m1/s1. The van der Waals surface area contributed by atoms with Crippen LogP contribution in [-0.2, 0) is 16.1 Å². The molecule has 0 bridgehead atoms. The first-order valence-corrected chi connectivity index (χ1v) is 11.9. The van der Waals surface area contributed by atoms with Crippen LogP contribution in [0.2, 0.25) is 0 Å². The SMILES string of the molecule is CC(C)(C)[C@H](NC(=O)c1nn(Cc2ccc(F)cc2)c2ccccc12)C(=O)NCC1CCC(=O)C1. The van der Waals surface area contributed by atoms with Gasteiger partial charge in [0.05, 0.1) is 12.1 Å². The van der Waals surface area contributed by atoms with Crippen LogP contribution in [0, 0.1) is 17.2 Å². The molecule has 184 valence electrons. The Bertz CT molecular complexity index is 1240. The number of hydrogen-bond acceptors (Lipinski definition) is 4. The highest BCUT2D eigenvalue weighted by Crippen LogP contribution is 2.24. The van der Waals surface area contributed by atoms with E-state index in [0.717, 1.165) is 17.5 Å². The van der Waals surface area contributed by atoms with E-state index in [9.17, 15) is 18.8 Å². The van der Waals surface area contributed by atoms with Gasteiger partial charge in [0, 0.05) is 24.8 Å². The number of amides is 2. The van der Waals surface area contributed by atoms with Gasteiger partial charge in [-0.3, -0.25) is 19.1 Å². The van der Waals surface area contributed by atoms with Crippen molar-refractivity contribution in [2.75, 3.05) is 6.54 Å². The molecule has 0 aliphatic heterocycles. The first kappa shape index (κ1) is 24.6. The number of para-hydroxylation sites is 1. The Morgan fingerprint density at radius 2 is 1.86 bits per heavy atom. The van der Waals surface area contributed by atoms with Crippen LogP contribution in [-0.4, -0.2) is 40.0 Å². The minimum absolute atomic E-state index is 0.147. The number of fused-ring (bicyclic) bond motifs is 1. The Hall–Kier alpha value is -3.55. The van der Waals surface area contributed by atoms with Crippen LogP contribution in [0.5, 0.6) is 0 Å². The number of benzene rings is 2. The zero-order valence-corrected chi connectivity index (χ0v) is 20.3. The number of carbonyl (C=O) groups is 3. The Kier molecular flexibility index (Phi) is 7.00. The van der Waals surface area contributed by atoms with E-state index in [-0.39, 0.29) is 29.1 Å². The number of nitrogens with one attached hydrogen (secondary N) is 2. The van der Waals surface area contributed by atoms with Crippen LogP contribution in [0.1, 0.15) is 56.1 Å². The van der Waals surface area contributed by atoms with Crippen molar-refractivity contribution in [3.8, 4) is 0 Å². The summed E-state index contributed by atoms with van der Waals surface area (Å²) in [5.74, 6) is -0.655. The summed E-state index contributed by atoms with van der Waals surface area (Å²) in [4.78, 5) is 38.0. The Morgan fingerprint density at radius 3 is 2.51 bits per heavy atom. The fourth-order valence-corrected chi connectivity index (χ4v) is 4.47. The van der Waals surface area contributed by atoms with E-state index in [1.54, 1.807) is 16.8 Å². The summed E-state index contributed by atoms with van der Waals surface area (Å²) in [5.41, 5.74) is 1.30. The molecule has 1 unspecified atom stereocenters. The van der Waals surface area contributed by atoms with Gasteiger partial charge in [0.2, 0.25) is 5.91 Å². The summed E-state index contributed by atoms with van der Waals surface area (Å²) in [7, 11) is 0. The number of rotatable bonds is 7. The quantitative estimate of drug-likeness (QED) is 0.539. The molecule has 1 aliphatic rings. The number of ketones is 1. The van der Waals surface area contributed by atoms with Crippen LogP contribution < -0.4 is 10.6 Å². The zero-order chi connectivity index (χ0) is 25.2. The van der Waals surface area contributed by atoms with Gasteiger partial charge in [-0.2, -0.15) is 5.10 Å². The van der Waals surface area contributed by atoms with E-state index >= 15 is 0 Å². The molecule has 2 amide bonds. The summed E-state index contributed by atoms with van der Waals surface area (Å²) in [6.07, 6.45) is 1.83. The molecule has 8 heteroatoms. The lowest BCUT2D eigenvalue weighted by atomic mass is 9.86. The molecule has 4 rings (SSSR count). The zero-order valence-electron chi connectivity index (χ0n) is 20.3. The summed E-state index contributed by atoms with van der Waals surface area (Å²) in [5, 5.41) is 11.0. The van der Waals surface area contributed by atoms with E-state index in [1.807, 2.05) is 45.0 Å². The molecule has 0 saturated heterocycles. The summed E-state index contributed by atoms with van der Waals surface area (Å²) in [6, 6.07) is 12.8. The van der Waals surface area contributed by atoms with Crippen molar-refractivity contribution in [1.82, 2.24) is 20.4 Å². The van der Waals surface area contributed by atoms with Gasteiger partial charge in [0.25, 0.3) is 5.91 Å². The molecule has 1 fully saturated rings. The average molecular weight is 479 g/mol. The Labute approximate surface area is 204 Å². The van der Waals surface area contributed by atoms with Gasteiger partial charge in [-0.05, 0) is 41.5 Å². The van der Waals surface area contributed by atoms with Gasteiger partial charge in [-0.25, -0.2) is 4.39 Å². The predicted octanol–water partition coefficient (Wildman–Crippen LogP) is 3.85. The van der Waals surface area contributed by atoms with E-state index in [2.05, 4.69) is 15.7 Å². The monoisotopic (exact) mass is 478 g/mol. The number of aromatic nitrogens is 2. The first-order chi connectivity index (χ1) is 16.6. The van der Waals surface area contributed by atoms with Crippen molar-refractivity contribution >= 4 is 28.5 Å². The number of Topliss-reactive ketones (excluding diaryl/α,β-unsaturated/α-hetero) is 1. The molecule has 1 saturated carbocycles. The Balaban J connectivity index is 1.54. The molecule has 35 heavy (non-hydrogen) atoms. The highest BCUT2D eigenvalue weighted by atomic mass is 19.1. The number of carbonyl (C=O) groups excluding carboxylic acids is 3. The number of nitrogens with zero attached hydrogens (tertiary/aromatic N) is 2. The lowest BCUT2D eigenvalue weighted by Gasteiger charge is -2.30. The van der Waals surface area contributed by atoms with Gasteiger partial charge >= 0.3 is 0 Å². The summed E-state index contributed by atoms with van der Waals surface area (Å²) in [6.45, 7) is 6.46. The van der Waals surface area contributed by atoms with Crippen LogP contribution >= 0.6 is 0 Å². The van der Waals surface area contributed by atoms with Crippen LogP contribution in [0.25, 0.3) is 10.9 Å². The highest BCUT2D eigenvalue weighted by Gasteiger charge is 2.34. The molecule has 2 atom stereocenters. The maximum atomic E-state index is 13.4. The molecule has 1 heterocycles. The van der Waals surface area contributed by atoms with Gasteiger partial charge < -0.3 is 10.6 Å². The van der Waals surface area contributed by atoms with E-state index in [1.165, 1.54) is 12.1 Å². The second kappa shape index (κ2) is 9.98. The lowest BCUT2D eigenvalue weighted by molar-refractivity contribution is -0.125. The van der Waals surface area contributed by atoms with Crippen LogP contribution in [0.4, 0.5) is 4.39 Å². The molecule has 3 aromatic rings. The normalized spacial score (nSPS) is 16.9. The van der Waals surface area contributed by atoms with Crippen LogP contribution in [0.15, 0.2) is 48.5 Å². The average Bonchev–Trinajstić information content (AvgIpc) is 3.40. The topological polar surface area (TPSA) is 93.1 Å². The minimum atomic E-state index is -0.784. The smallest absolute Gasteiger partial charge is 0.273 e. The molecule has 0 radical (unpaired) electrons. The third-order valence-corrected chi connectivity index (χ3v) is 6.44. The fourth-order valence-electron chi connectivity index (χ4n) is 4.47. The van der Waals surface area contributed by atoms with E-state index in [4.69, 9.17) is 0 Å². The number of halogens is 1. The molecule has 2 N–H and O–H groups in total. The van der Waals surface area contributed by atoms with Gasteiger partial charge in [-0.1, -0.05) is 51.1 Å². The third-order valence-electron chi connectivity index (χ3n) is 6.44. The van der Waals surface area contributed by atoms with E-state index < -0.39 is 17.4 Å². The second-order valence-electron chi connectivity index (χ2n) is 10.3. The summed E-state index contributed by atoms with van der Waals surface area (Å²) < 4.78 is 15.0. The summed E-state index contributed by atoms with van der Waals surface area (Å²) >= 11 is 0. The molecule has 1 aliphatic carbocycles. The molecule has 7 nitrogen and oxygen atoms in total. The maximum absolute atomic E-state index is 13.4. The van der Waals surface area contributed by atoms with Crippen molar-refractivity contribution in [2.45, 2.75) is 52.6 Å². The molecule has 0 spiro atoms. The van der Waals surface area contributed by atoms with Gasteiger partial charge in [0.1, 0.15) is 17.6 Å². The van der Waals surface area contributed by atoms with Crippen molar-refractivity contribution in [3.05, 3.63) is 65.6 Å². The van der Waals surface area contributed by atoms with Gasteiger partial charge in [0.15, 0.2) is 5.69 Å². The fraction of sp³-hybridized carbons (Fsp3) is 0.407.